The van der Waals surface area contributed by atoms with Gasteiger partial charge in [0.05, 0.1) is 17.7 Å². The number of nitro groups is 1. The van der Waals surface area contributed by atoms with E-state index in [9.17, 15) is 14.9 Å². The fourth-order valence-electron chi connectivity index (χ4n) is 2.09. The van der Waals surface area contributed by atoms with Gasteiger partial charge in [-0.3, -0.25) is 24.5 Å². The fourth-order valence-corrected chi connectivity index (χ4v) is 2.09. The number of benzene rings is 1. The van der Waals surface area contributed by atoms with Crippen LogP contribution in [0.2, 0.25) is 0 Å². The van der Waals surface area contributed by atoms with Crippen molar-refractivity contribution in [1.29, 1.82) is 0 Å². The minimum absolute atomic E-state index is 0.120. The first-order valence-corrected chi connectivity index (χ1v) is 6.65. The van der Waals surface area contributed by atoms with Crippen LogP contribution < -0.4 is 5.32 Å². The molecule has 1 aromatic carbocycles. The van der Waals surface area contributed by atoms with Crippen LogP contribution in [0.15, 0.2) is 36.7 Å². The van der Waals surface area contributed by atoms with E-state index in [1.165, 1.54) is 12.1 Å². The van der Waals surface area contributed by atoms with Gasteiger partial charge in [-0.15, -0.1) is 0 Å². The van der Waals surface area contributed by atoms with Gasteiger partial charge in [0.1, 0.15) is 5.69 Å². The molecule has 2 aromatic rings. The molecule has 0 atom stereocenters. The Morgan fingerprint density at radius 1 is 1.45 bits per heavy atom. The highest BCUT2D eigenvalue weighted by Crippen LogP contribution is 2.22. The van der Waals surface area contributed by atoms with Crippen LogP contribution in [0.4, 0.5) is 11.4 Å². The molecule has 1 aromatic heterocycles. The number of anilines is 1. The zero-order valence-corrected chi connectivity index (χ0v) is 12.4. The van der Waals surface area contributed by atoms with Crippen molar-refractivity contribution in [2.24, 2.45) is 7.05 Å². The van der Waals surface area contributed by atoms with Crippen molar-refractivity contribution in [3.63, 3.8) is 0 Å². The van der Waals surface area contributed by atoms with E-state index in [4.69, 9.17) is 0 Å². The van der Waals surface area contributed by atoms with E-state index in [0.29, 0.717) is 6.54 Å². The van der Waals surface area contributed by atoms with Crippen molar-refractivity contribution in [1.82, 2.24) is 14.7 Å². The van der Waals surface area contributed by atoms with Crippen molar-refractivity contribution in [2.75, 3.05) is 18.9 Å². The average Bonchev–Trinajstić information content (AvgIpc) is 2.83. The van der Waals surface area contributed by atoms with Gasteiger partial charge in [-0.2, -0.15) is 5.10 Å². The molecule has 1 N–H and O–H groups in total. The highest BCUT2D eigenvalue weighted by molar-refractivity contribution is 5.94. The molecule has 0 radical (unpaired) electrons. The Labute approximate surface area is 127 Å². The number of para-hydroxylation sites is 2. The van der Waals surface area contributed by atoms with E-state index in [2.05, 4.69) is 10.4 Å². The molecule has 0 bridgehead atoms. The van der Waals surface area contributed by atoms with Gasteiger partial charge < -0.3 is 5.32 Å². The maximum absolute atomic E-state index is 12.0. The van der Waals surface area contributed by atoms with Crippen LogP contribution in [-0.2, 0) is 18.4 Å². The largest absolute Gasteiger partial charge is 0.319 e. The van der Waals surface area contributed by atoms with Crippen LogP contribution in [0.5, 0.6) is 0 Å². The number of likely N-dealkylation sites (N-methyl/N-ethyl adjacent to an activating group) is 1. The number of nitro benzene ring substituents is 1. The van der Waals surface area contributed by atoms with E-state index in [1.54, 1.807) is 35.0 Å². The molecule has 0 aliphatic heterocycles. The molecule has 116 valence electrons. The van der Waals surface area contributed by atoms with Crippen LogP contribution in [-0.4, -0.2) is 39.1 Å². The van der Waals surface area contributed by atoms with E-state index in [1.807, 2.05) is 13.2 Å². The number of amides is 1. The van der Waals surface area contributed by atoms with Crippen LogP contribution in [0, 0.1) is 10.1 Å². The minimum atomic E-state index is -0.519. The molecule has 8 nitrogen and oxygen atoms in total. The number of hydrogen-bond donors (Lipinski definition) is 1. The van der Waals surface area contributed by atoms with Gasteiger partial charge in [-0.05, 0) is 13.1 Å². The normalized spacial score (nSPS) is 10.7. The SMILES string of the molecule is CN(CC(=O)Nc1ccccc1[N+](=O)[O-])Cc1cnn(C)c1. The smallest absolute Gasteiger partial charge is 0.292 e. The number of carbonyl (C=O) groups is 1. The topological polar surface area (TPSA) is 93.3 Å². The van der Waals surface area contributed by atoms with Crippen LogP contribution in [0.1, 0.15) is 5.56 Å². The quantitative estimate of drug-likeness (QED) is 0.643. The molecule has 0 aliphatic carbocycles. The lowest BCUT2D eigenvalue weighted by Gasteiger charge is -2.15. The summed E-state index contributed by atoms with van der Waals surface area (Å²) in [5.74, 6) is -0.305. The molecule has 0 saturated carbocycles. The van der Waals surface area contributed by atoms with Crippen LogP contribution >= 0.6 is 0 Å². The number of rotatable bonds is 6. The summed E-state index contributed by atoms with van der Waals surface area (Å²) in [5, 5.41) is 17.5. The van der Waals surface area contributed by atoms with Gasteiger partial charge in [0.15, 0.2) is 0 Å². The van der Waals surface area contributed by atoms with E-state index < -0.39 is 4.92 Å². The summed E-state index contributed by atoms with van der Waals surface area (Å²) in [6, 6.07) is 6.07. The summed E-state index contributed by atoms with van der Waals surface area (Å²) in [6.07, 6.45) is 3.60. The Hall–Kier alpha value is -2.74. The van der Waals surface area contributed by atoms with Crippen molar-refractivity contribution in [3.05, 3.63) is 52.3 Å². The van der Waals surface area contributed by atoms with Crippen molar-refractivity contribution in [3.8, 4) is 0 Å². The highest BCUT2D eigenvalue weighted by Gasteiger charge is 2.15. The van der Waals surface area contributed by atoms with Gasteiger partial charge in [-0.1, -0.05) is 12.1 Å². The zero-order valence-electron chi connectivity index (χ0n) is 12.4. The molecule has 2 rings (SSSR count). The van der Waals surface area contributed by atoms with Gasteiger partial charge in [-0.25, -0.2) is 0 Å². The third kappa shape index (κ3) is 4.13. The first kappa shape index (κ1) is 15.6. The second-order valence-electron chi connectivity index (χ2n) is 5.02. The van der Waals surface area contributed by atoms with E-state index >= 15 is 0 Å². The lowest BCUT2D eigenvalue weighted by molar-refractivity contribution is -0.383. The second-order valence-corrected chi connectivity index (χ2v) is 5.02. The van der Waals surface area contributed by atoms with Gasteiger partial charge in [0.2, 0.25) is 5.91 Å². The summed E-state index contributed by atoms with van der Waals surface area (Å²) >= 11 is 0. The third-order valence-electron chi connectivity index (χ3n) is 3.00. The Morgan fingerprint density at radius 2 is 2.18 bits per heavy atom. The molecule has 1 amide bonds. The van der Waals surface area contributed by atoms with Crippen molar-refractivity contribution in [2.45, 2.75) is 6.54 Å². The Bertz CT molecular complexity index is 683. The lowest BCUT2D eigenvalue weighted by Crippen LogP contribution is -2.29. The maximum Gasteiger partial charge on any atom is 0.292 e. The number of aromatic nitrogens is 2. The average molecular weight is 303 g/mol. The minimum Gasteiger partial charge on any atom is -0.319 e. The van der Waals surface area contributed by atoms with Crippen LogP contribution in [0.3, 0.4) is 0 Å². The van der Waals surface area contributed by atoms with Crippen LogP contribution in [0.25, 0.3) is 0 Å². The summed E-state index contributed by atoms with van der Waals surface area (Å²) in [5.41, 5.74) is 1.07. The highest BCUT2D eigenvalue weighted by atomic mass is 16.6. The molecule has 0 spiro atoms. The van der Waals surface area contributed by atoms with E-state index in [0.717, 1.165) is 5.56 Å². The summed E-state index contributed by atoms with van der Waals surface area (Å²) in [4.78, 5) is 24.2. The number of aryl methyl sites for hydroxylation is 1. The molecule has 1 heterocycles. The summed E-state index contributed by atoms with van der Waals surface area (Å²) in [6.45, 7) is 0.694. The monoisotopic (exact) mass is 303 g/mol. The molecule has 0 fully saturated rings. The predicted octanol–water partition coefficient (Wildman–Crippen LogP) is 1.40. The fraction of sp³-hybridized carbons (Fsp3) is 0.286. The molecular weight excluding hydrogens is 286 g/mol. The third-order valence-corrected chi connectivity index (χ3v) is 3.00. The molecule has 8 heteroatoms. The molecule has 0 saturated heterocycles. The molecule has 22 heavy (non-hydrogen) atoms. The number of nitrogens with zero attached hydrogens (tertiary/aromatic N) is 4. The molecule has 0 unspecified atom stereocenters. The lowest BCUT2D eigenvalue weighted by atomic mass is 10.2. The number of nitrogens with one attached hydrogen (secondary N) is 1. The van der Waals surface area contributed by atoms with Gasteiger partial charge >= 0.3 is 0 Å². The summed E-state index contributed by atoms with van der Waals surface area (Å²) in [7, 11) is 3.62. The first-order valence-electron chi connectivity index (χ1n) is 6.65. The number of carbonyl (C=O) groups excluding carboxylic acids is 1. The van der Waals surface area contributed by atoms with Gasteiger partial charge in [0.25, 0.3) is 5.69 Å². The zero-order chi connectivity index (χ0) is 16.1. The Kier molecular flexibility index (Phi) is 4.84. The first-order chi connectivity index (χ1) is 10.5. The molecular formula is C14H17N5O3. The molecule has 0 aliphatic rings. The summed E-state index contributed by atoms with van der Waals surface area (Å²) < 4.78 is 1.69. The second kappa shape index (κ2) is 6.81. The predicted molar refractivity (Wildman–Crippen MR) is 81.3 cm³/mol. The standard InChI is InChI=1S/C14H17N5O3/c1-17(8-11-7-15-18(2)9-11)10-14(20)16-12-5-3-4-6-13(12)19(21)22/h3-7,9H,8,10H2,1-2H3,(H,16,20). The van der Waals surface area contributed by atoms with E-state index in [-0.39, 0.29) is 23.8 Å². The van der Waals surface area contributed by atoms with Crippen molar-refractivity contribution < 1.29 is 9.72 Å². The van der Waals surface area contributed by atoms with Crippen molar-refractivity contribution >= 4 is 17.3 Å². The van der Waals surface area contributed by atoms with Gasteiger partial charge in [0, 0.05) is 31.4 Å². The number of hydrogen-bond acceptors (Lipinski definition) is 5. The Morgan fingerprint density at radius 3 is 2.82 bits per heavy atom. The Balaban J connectivity index is 1.94. The maximum atomic E-state index is 12.0.